The predicted octanol–water partition coefficient (Wildman–Crippen LogP) is 4.66. The van der Waals surface area contributed by atoms with Gasteiger partial charge in [0.15, 0.2) is 0 Å². The van der Waals surface area contributed by atoms with Gasteiger partial charge < -0.3 is 20.8 Å². The SMILES string of the molecule is COc1cc(-c2cc[c-]o2)cc(OC)c1Cl.[CH2-]CCC.[Mg+2]. The van der Waals surface area contributed by atoms with Gasteiger partial charge in [0, 0.05) is 0 Å². The number of unbranched alkanes of at least 4 members (excludes halogenated alkanes) is 1. The minimum atomic E-state index is 0. The van der Waals surface area contributed by atoms with Crippen molar-refractivity contribution < 1.29 is 13.9 Å². The molecule has 110 valence electrons. The van der Waals surface area contributed by atoms with Gasteiger partial charge in [-0.3, -0.25) is 0 Å². The van der Waals surface area contributed by atoms with Crippen LogP contribution < -0.4 is 9.47 Å². The Morgan fingerprint density at radius 2 is 1.76 bits per heavy atom. The molecule has 0 aliphatic carbocycles. The van der Waals surface area contributed by atoms with E-state index < -0.39 is 0 Å². The Kier molecular flexibility index (Phi) is 10.4. The van der Waals surface area contributed by atoms with E-state index in [1.165, 1.54) is 6.42 Å². The molecule has 0 amide bonds. The molecule has 0 saturated heterocycles. The largest absolute Gasteiger partial charge is 2.00 e. The number of hydrogen-bond donors (Lipinski definition) is 0. The number of hydrogen-bond acceptors (Lipinski definition) is 3. The predicted molar refractivity (Wildman–Crippen MR) is 87.1 cm³/mol. The maximum Gasteiger partial charge on any atom is 2.00 e. The zero-order valence-electron chi connectivity index (χ0n) is 12.7. The molecule has 0 fully saturated rings. The first kappa shape index (κ1) is 20.2. The Morgan fingerprint density at radius 3 is 2.10 bits per heavy atom. The van der Waals surface area contributed by atoms with Crippen molar-refractivity contribution in [2.24, 2.45) is 0 Å². The van der Waals surface area contributed by atoms with Crippen LogP contribution in [0.4, 0.5) is 0 Å². The van der Waals surface area contributed by atoms with Crippen LogP contribution in [0.15, 0.2) is 28.7 Å². The zero-order chi connectivity index (χ0) is 15.0. The molecule has 0 bridgehead atoms. The summed E-state index contributed by atoms with van der Waals surface area (Å²) in [5.74, 6) is 1.79. The van der Waals surface area contributed by atoms with Crippen LogP contribution in [-0.4, -0.2) is 37.3 Å². The molecular formula is C16H19ClMgO3. The third-order valence-corrected chi connectivity index (χ3v) is 2.93. The molecule has 0 atom stereocenters. The second-order valence-corrected chi connectivity index (χ2v) is 4.34. The van der Waals surface area contributed by atoms with Crippen LogP contribution in [0, 0.1) is 13.2 Å². The van der Waals surface area contributed by atoms with Crippen molar-refractivity contribution in [1.82, 2.24) is 0 Å². The summed E-state index contributed by atoms with van der Waals surface area (Å²) in [7, 11) is 3.11. The van der Waals surface area contributed by atoms with E-state index >= 15 is 0 Å². The Hall–Kier alpha value is -0.844. The average Bonchev–Trinajstić information content (AvgIpc) is 3.02. The summed E-state index contributed by atoms with van der Waals surface area (Å²) in [6.45, 7) is 5.72. The van der Waals surface area contributed by atoms with Crippen LogP contribution in [0.2, 0.25) is 5.02 Å². The first-order chi connectivity index (χ1) is 9.67. The van der Waals surface area contributed by atoms with Gasteiger partial charge in [-0.05, 0) is 29.7 Å². The average molecular weight is 319 g/mol. The van der Waals surface area contributed by atoms with Crippen molar-refractivity contribution >= 4 is 34.7 Å². The summed E-state index contributed by atoms with van der Waals surface area (Å²) < 4.78 is 15.5. The van der Waals surface area contributed by atoms with E-state index in [0.717, 1.165) is 12.0 Å². The van der Waals surface area contributed by atoms with Crippen molar-refractivity contribution in [3.63, 3.8) is 0 Å². The summed E-state index contributed by atoms with van der Waals surface area (Å²) in [5.41, 5.74) is 0.833. The monoisotopic (exact) mass is 318 g/mol. The maximum absolute atomic E-state index is 6.05. The van der Waals surface area contributed by atoms with Gasteiger partial charge in [-0.2, -0.15) is 12.5 Å². The van der Waals surface area contributed by atoms with Crippen LogP contribution >= 0.6 is 11.6 Å². The van der Waals surface area contributed by atoms with E-state index in [1.54, 1.807) is 32.4 Å². The van der Waals surface area contributed by atoms with Crippen molar-refractivity contribution in [3.05, 3.63) is 42.5 Å². The second kappa shape index (κ2) is 10.8. The molecule has 21 heavy (non-hydrogen) atoms. The Labute approximate surface area is 147 Å². The molecule has 1 aromatic heterocycles. The van der Waals surface area contributed by atoms with Crippen molar-refractivity contribution in [1.29, 1.82) is 0 Å². The Balaban J connectivity index is 0.000000715. The van der Waals surface area contributed by atoms with Gasteiger partial charge in [0.2, 0.25) is 0 Å². The molecule has 0 aliphatic heterocycles. The maximum atomic E-state index is 6.05. The zero-order valence-corrected chi connectivity index (χ0v) is 14.9. The first-order valence-electron chi connectivity index (χ1n) is 6.34. The number of ether oxygens (including phenoxy) is 2. The van der Waals surface area contributed by atoms with E-state index in [1.807, 2.05) is 6.07 Å². The summed E-state index contributed by atoms with van der Waals surface area (Å²) in [4.78, 5) is 0. The molecule has 5 heteroatoms. The summed E-state index contributed by atoms with van der Waals surface area (Å²) >= 11 is 6.05. The van der Waals surface area contributed by atoms with E-state index in [9.17, 15) is 0 Å². The van der Waals surface area contributed by atoms with Crippen LogP contribution in [0.1, 0.15) is 19.8 Å². The van der Waals surface area contributed by atoms with Gasteiger partial charge in [0.25, 0.3) is 0 Å². The van der Waals surface area contributed by atoms with E-state index in [4.69, 9.17) is 25.5 Å². The number of benzene rings is 1. The van der Waals surface area contributed by atoms with Gasteiger partial charge in [-0.1, -0.05) is 24.9 Å². The van der Waals surface area contributed by atoms with Gasteiger partial charge in [0.05, 0.1) is 14.2 Å². The van der Waals surface area contributed by atoms with Crippen molar-refractivity contribution in [2.75, 3.05) is 14.2 Å². The number of rotatable bonds is 4. The topological polar surface area (TPSA) is 31.6 Å². The number of halogens is 1. The third-order valence-electron chi connectivity index (χ3n) is 2.56. The molecular weight excluding hydrogens is 300 g/mol. The smallest absolute Gasteiger partial charge is 0.591 e. The minimum Gasteiger partial charge on any atom is -0.591 e. The summed E-state index contributed by atoms with van der Waals surface area (Å²) in [6.07, 6.45) is 4.91. The molecule has 0 radical (unpaired) electrons. The number of methoxy groups -OCH3 is 2. The number of furan rings is 1. The third kappa shape index (κ3) is 5.81. The normalized spacial score (nSPS) is 9.19. The molecule has 2 aromatic rings. The van der Waals surface area contributed by atoms with Crippen LogP contribution in [0.25, 0.3) is 11.3 Å². The first-order valence-corrected chi connectivity index (χ1v) is 6.72. The Morgan fingerprint density at radius 1 is 1.24 bits per heavy atom. The van der Waals surface area contributed by atoms with E-state index in [0.29, 0.717) is 22.3 Å². The molecule has 0 spiro atoms. The molecule has 2 rings (SSSR count). The molecule has 1 heterocycles. The minimum absolute atomic E-state index is 0. The molecule has 3 nitrogen and oxygen atoms in total. The van der Waals surface area contributed by atoms with Crippen molar-refractivity contribution in [2.45, 2.75) is 19.8 Å². The quantitative estimate of drug-likeness (QED) is 0.607. The molecule has 0 unspecified atom stereocenters. The summed E-state index contributed by atoms with van der Waals surface area (Å²) in [5, 5.41) is 0.448. The van der Waals surface area contributed by atoms with Gasteiger partial charge in [-0.15, -0.1) is 6.07 Å². The standard InChI is InChI=1S/C12H10ClO3.C4H9.Mg/c1-14-10-6-8(9-4-3-5-16-9)7-11(15-2)12(10)13;1-3-4-2;/h3-4,6-7H,1-2H3;1,3-4H2,2H3;/q2*-1;+2. The van der Waals surface area contributed by atoms with Crippen LogP contribution in [0.5, 0.6) is 11.5 Å². The summed E-state index contributed by atoms with van der Waals surface area (Å²) in [6, 6.07) is 7.08. The molecule has 1 aromatic carbocycles. The van der Waals surface area contributed by atoms with Gasteiger partial charge >= 0.3 is 23.1 Å². The second-order valence-electron chi connectivity index (χ2n) is 3.97. The van der Waals surface area contributed by atoms with Crippen LogP contribution in [-0.2, 0) is 0 Å². The van der Waals surface area contributed by atoms with Crippen molar-refractivity contribution in [3.8, 4) is 22.8 Å². The van der Waals surface area contributed by atoms with E-state index in [2.05, 4.69) is 20.1 Å². The molecule has 0 saturated carbocycles. The molecule has 0 aliphatic rings. The van der Waals surface area contributed by atoms with Gasteiger partial charge in [-0.25, -0.2) is 0 Å². The van der Waals surface area contributed by atoms with Gasteiger partial charge in [0.1, 0.15) is 16.5 Å². The fourth-order valence-corrected chi connectivity index (χ4v) is 1.67. The fourth-order valence-electron chi connectivity index (χ4n) is 1.41. The van der Waals surface area contributed by atoms with Crippen LogP contribution in [0.3, 0.4) is 0 Å². The molecule has 0 N–H and O–H groups in total. The fraction of sp³-hybridized carbons (Fsp3) is 0.312. The Bertz CT molecular complexity index is 485. The van der Waals surface area contributed by atoms with E-state index in [-0.39, 0.29) is 23.1 Å².